The number of aliphatic carboxylic acids is 1. The van der Waals surface area contributed by atoms with Crippen molar-refractivity contribution in [2.75, 3.05) is 19.7 Å². The van der Waals surface area contributed by atoms with Crippen molar-refractivity contribution < 1.29 is 19.4 Å². The smallest absolute Gasteiger partial charge is 0.306 e. The molecule has 1 aromatic carbocycles. The third kappa shape index (κ3) is 3.67. The Morgan fingerprint density at radius 1 is 1.36 bits per heavy atom. The zero-order chi connectivity index (χ0) is 18.0. The minimum Gasteiger partial charge on any atom is -0.481 e. The van der Waals surface area contributed by atoms with E-state index >= 15 is 0 Å². The molecule has 2 aromatic rings. The van der Waals surface area contributed by atoms with Crippen LogP contribution in [0, 0.1) is 6.92 Å². The second-order valence-electron chi connectivity index (χ2n) is 5.84. The first-order valence-corrected chi connectivity index (χ1v) is 8.28. The molecule has 0 radical (unpaired) electrons. The molecule has 1 aliphatic rings. The monoisotopic (exact) mass is 363 g/mol. The van der Waals surface area contributed by atoms with Crippen molar-refractivity contribution in [2.24, 2.45) is 0 Å². The Balaban J connectivity index is 1.85. The molecule has 0 aliphatic carbocycles. The number of ether oxygens (including phenoxy) is 1. The minimum atomic E-state index is -0.953. The number of halogens is 1. The second kappa shape index (κ2) is 7.25. The summed E-state index contributed by atoms with van der Waals surface area (Å²) in [6.45, 7) is 2.64. The molecular formula is C17H18ClN3O4. The first-order valence-electron chi connectivity index (χ1n) is 7.90. The van der Waals surface area contributed by atoms with E-state index in [9.17, 15) is 9.59 Å². The molecule has 25 heavy (non-hydrogen) atoms. The van der Waals surface area contributed by atoms with Gasteiger partial charge in [-0.3, -0.25) is 9.59 Å². The molecule has 7 nitrogen and oxygen atoms in total. The molecule has 1 amide bonds. The Bertz CT molecular complexity index is 791. The van der Waals surface area contributed by atoms with Crippen LogP contribution in [0.4, 0.5) is 0 Å². The summed E-state index contributed by atoms with van der Waals surface area (Å²) in [5.74, 6) is -1.21. The fourth-order valence-corrected chi connectivity index (χ4v) is 3.22. The highest BCUT2D eigenvalue weighted by atomic mass is 35.5. The second-order valence-corrected chi connectivity index (χ2v) is 6.20. The lowest BCUT2D eigenvalue weighted by Crippen LogP contribution is -2.46. The molecule has 132 valence electrons. The Labute approximate surface area is 149 Å². The molecule has 1 fully saturated rings. The number of nitrogens with zero attached hydrogens (tertiary/aromatic N) is 3. The summed E-state index contributed by atoms with van der Waals surface area (Å²) < 4.78 is 6.94. The summed E-state index contributed by atoms with van der Waals surface area (Å²) in [4.78, 5) is 25.3. The van der Waals surface area contributed by atoms with Gasteiger partial charge in [-0.05, 0) is 19.1 Å². The molecular weight excluding hydrogens is 346 g/mol. The lowest BCUT2D eigenvalue weighted by Gasteiger charge is -2.32. The molecule has 1 aromatic heterocycles. The zero-order valence-electron chi connectivity index (χ0n) is 13.7. The first-order chi connectivity index (χ1) is 12.0. The topological polar surface area (TPSA) is 84.7 Å². The van der Waals surface area contributed by atoms with Gasteiger partial charge in [-0.15, -0.1) is 0 Å². The van der Waals surface area contributed by atoms with E-state index in [0.29, 0.717) is 24.4 Å². The minimum absolute atomic E-state index is 0.139. The van der Waals surface area contributed by atoms with Crippen molar-refractivity contribution in [3.05, 3.63) is 46.7 Å². The molecule has 0 bridgehead atoms. The van der Waals surface area contributed by atoms with Crippen molar-refractivity contribution in [1.29, 1.82) is 0 Å². The molecule has 1 saturated heterocycles. The number of aromatic nitrogens is 2. The van der Waals surface area contributed by atoms with E-state index in [1.807, 2.05) is 30.3 Å². The summed E-state index contributed by atoms with van der Waals surface area (Å²) in [5, 5.41) is 13.5. The highest BCUT2D eigenvalue weighted by molar-refractivity contribution is 6.33. The third-order valence-electron chi connectivity index (χ3n) is 4.05. The van der Waals surface area contributed by atoms with Crippen molar-refractivity contribution in [3.63, 3.8) is 0 Å². The maximum Gasteiger partial charge on any atom is 0.306 e. The van der Waals surface area contributed by atoms with E-state index in [1.165, 1.54) is 4.68 Å². The average Bonchev–Trinajstić information content (AvgIpc) is 2.89. The fourth-order valence-electron chi connectivity index (χ4n) is 2.86. The van der Waals surface area contributed by atoms with Gasteiger partial charge in [-0.1, -0.05) is 29.8 Å². The fraction of sp³-hybridized carbons (Fsp3) is 0.353. The van der Waals surface area contributed by atoms with E-state index in [4.69, 9.17) is 21.4 Å². The molecule has 1 N–H and O–H groups in total. The molecule has 0 saturated carbocycles. The summed E-state index contributed by atoms with van der Waals surface area (Å²) in [6, 6.07) is 9.32. The first kappa shape index (κ1) is 17.4. The van der Waals surface area contributed by atoms with Crippen LogP contribution in [0.3, 0.4) is 0 Å². The normalized spacial score (nSPS) is 17.5. The van der Waals surface area contributed by atoms with E-state index < -0.39 is 12.1 Å². The van der Waals surface area contributed by atoms with Gasteiger partial charge in [0.05, 0.1) is 36.1 Å². The summed E-state index contributed by atoms with van der Waals surface area (Å²) in [6.07, 6.45) is -0.654. The Morgan fingerprint density at radius 3 is 2.76 bits per heavy atom. The van der Waals surface area contributed by atoms with Gasteiger partial charge in [0.15, 0.2) is 0 Å². The number of aryl methyl sites for hydroxylation is 1. The maximum absolute atomic E-state index is 12.9. The van der Waals surface area contributed by atoms with E-state index in [0.717, 1.165) is 5.69 Å². The number of rotatable bonds is 4. The Kier molecular flexibility index (Phi) is 5.06. The van der Waals surface area contributed by atoms with Gasteiger partial charge in [0.25, 0.3) is 5.91 Å². The van der Waals surface area contributed by atoms with Crippen LogP contribution < -0.4 is 0 Å². The van der Waals surface area contributed by atoms with Crippen LogP contribution in [-0.4, -0.2) is 57.5 Å². The number of carboxylic acids is 1. The number of hydrogen-bond acceptors (Lipinski definition) is 4. The average molecular weight is 364 g/mol. The van der Waals surface area contributed by atoms with Crippen LogP contribution >= 0.6 is 11.6 Å². The molecule has 3 rings (SSSR count). The lowest BCUT2D eigenvalue weighted by molar-refractivity contribution is -0.141. The predicted octanol–water partition coefficient (Wildman–Crippen LogP) is 2.15. The van der Waals surface area contributed by atoms with Gasteiger partial charge in [-0.2, -0.15) is 5.10 Å². The van der Waals surface area contributed by atoms with Crippen molar-refractivity contribution >= 4 is 23.5 Å². The quantitative estimate of drug-likeness (QED) is 0.899. The molecule has 2 heterocycles. The van der Waals surface area contributed by atoms with Gasteiger partial charge < -0.3 is 14.7 Å². The van der Waals surface area contributed by atoms with E-state index in [-0.39, 0.29) is 24.0 Å². The van der Waals surface area contributed by atoms with Gasteiger partial charge in [0.1, 0.15) is 5.15 Å². The summed E-state index contributed by atoms with van der Waals surface area (Å²) in [7, 11) is 0. The summed E-state index contributed by atoms with van der Waals surface area (Å²) >= 11 is 6.43. The third-order valence-corrected chi connectivity index (χ3v) is 4.40. The van der Waals surface area contributed by atoms with Gasteiger partial charge >= 0.3 is 5.97 Å². The van der Waals surface area contributed by atoms with Crippen molar-refractivity contribution in [3.8, 4) is 5.69 Å². The molecule has 0 unspecified atom stereocenters. The van der Waals surface area contributed by atoms with E-state index in [2.05, 4.69) is 5.10 Å². The number of carboxylic acid groups (broad SMARTS) is 1. The van der Waals surface area contributed by atoms with Gasteiger partial charge in [-0.25, -0.2) is 4.68 Å². The molecule has 8 heteroatoms. The number of morpholine rings is 1. The van der Waals surface area contributed by atoms with Crippen molar-refractivity contribution in [1.82, 2.24) is 14.7 Å². The van der Waals surface area contributed by atoms with Gasteiger partial charge in [0.2, 0.25) is 0 Å². The zero-order valence-corrected chi connectivity index (χ0v) is 14.4. The van der Waals surface area contributed by atoms with E-state index in [1.54, 1.807) is 11.8 Å². The number of amides is 1. The van der Waals surface area contributed by atoms with Crippen LogP contribution in [0.15, 0.2) is 30.3 Å². The van der Waals surface area contributed by atoms with Gasteiger partial charge in [0, 0.05) is 13.1 Å². The molecule has 0 spiro atoms. The standard InChI is InChI=1S/C17H18ClN3O4/c1-11-15(16(18)21(19-11)12-5-3-2-4-6-12)17(24)20-7-8-25-13(10-20)9-14(22)23/h2-6,13H,7-10H2,1H3,(H,22,23)/t13-/m1/s1. The number of hydrogen-bond donors (Lipinski definition) is 1. The highest BCUT2D eigenvalue weighted by Gasteiger charge is 2.30. The molecule has 1 atom stereocenters. The Hall–Kier alpha value is -2.38. The van der Waals surface area contributed by atoms with Crippen LogP contribution in [0.5, 0.6) is 0 Å². The number of benzene rings is 1. The van der Waals surface area contributed by atoms with Crippen LogP contribution in [0.25, 0.3) is 5.69 Å². The number of para-hydroxylation sites is 1. The van der Waals surface area contributed by atoms with Crippen molar-refractivity contribution in [2.45, 2.75) is 19.4 Å². The van der Waals surface area contributed by atoms with Crippen LogP contribution in [-0.2, 0) is 9.53 Å². The number of carbonyl (C=O) groups excluding carboxylic acids is 1. The largest absolute Gasteiger partial charge is 0.481 e. The number of carbonyl (C=O) groups is 2. The van der Waals surface area contributed by atoms with Crippen LogP contribution in [0.1, 0.15) is 22.5 Å². The summed E-state index contributed by atoms with van der Waals surface area (Å²) in [5.41, 5.74) is 1.63. The maximum atomic E-state index is 12.9. The lowest BCUT2D eigenvalue weighted by atomic mass is 10.1. The Morgan fingerprint density at radius 2 is 2.08 bits per heavy atom. The predicted molar refractivity (Wildman–Crippen MR) is 91.2 cm³/mol. The molecule has 1 aliphatic heterocycles. The SMILES string of the molecule is Cc1nn(-c2ccccc2)c(Cl)c1C(=O)N1CCO[C@H](CC(=O)O)C1. The highest BCUT2D eigenvalue weighted by Crippen LogP contribution is 2.25. The van der Waals surface area contributed by atoms with Crippen LogP contribution in [0.2, 0.25) is 5.15 Å².